The van der Waals surface area contributed by atoms with Gasteiger partial charge < -0.3 is 10.5 Å². The predicted molar refractivity (Wildman–Crippen MR) is 91.8 cm³/mol. The lowest BCUT2D eigenvalue weighted by Crippen LogP contribution is -2.10. The minimum absolute atomic E-state index is 0.0295. The second-order valence-electron chi connectivity index (χ2n) is 4.56. The standard InChI is InChI=1S/C16H16ClFN2OS/c1-11-3-2-4-13(9-11)21-7-8-22-16(19)20-12-5-6-15(18)14(17)10-12/h2-6,9-10H,7-8H2,1H3,(H2,19,20). The number of hydrogen-bond acceptors (Lipinski definition) is 3. The first-order valence-electron chi connectivity index (χ1n) is 6.66. The van der Waals surface area contributed by atoms with Gasteiger partial charge in [-0.2, -0.15) is 0 Å². The zero-order chi connectivity index (χ0) is 15.9. The van der Waals surface area contributed by atoms with Gasteiger partial charge in [0.1, 0.15) is 11.6 Å². The van der Waals surface area contributed by atoms with Gasteiger partial charge in [-0.15, -0.1) is 0 Å². The Balaban J connectivity index is 1.81. The van der Waals surface area contributed by atoms with Crippen molar-refractivity contribution >= 4 is 34.2 Å². The van der Waals surface area contributed by atoms with Gasteiger partial charge in [0.15, 0.2) is 5.17 Å². The van der Waals surface area contributed by atoms with Crippen molar-refractivity contribution in [1.82, 2.24) is 0 Å². The van der Waals surface area contributed by atoms with E-state index in [1.165, 1.54) is 30.0 Å². The lowest BCUT2D eigenvalue weighted by Gasteiger charge is -2.06. The number of ether oxygens (including phenoxy) is 1. The summed E-state index contributed by atoms with van der Waals surface area (Å²) in [5.41, 5.74) is 7.49. The molecule has 0 atom stereocenters. The van der Waals surface area contributed by atoms with Crippen LogP contribution in [-0.2, 0) is 0 Å². The fraction of sp³-hybridized carbons (Fsp3) is 0.188. The predicted octanol–water partition coefficient (Wildman–Crippen LogP) is 4.55. The summed E-state index contributed by atoms with van der Waals surface area (Å²) in [4.78, 5) is 4.17. The molecule has 22 heavy (non-hydrogen) atoms. The lowest BCUT2D eigenvalue weighted by atomic mass is 10.2. The zero-order valence-electron chi connectivity index (χ0n) is 12.1. The Morgan fingerprint density at radius 3 is 2.86 bits per heavy atom. The number of amidine groups is 1. The van der Waals surface area contributed by atoms with Crippen molar-refractivity contribution in [2.24, 2.45) is 10.7 Å². The molecule has 0 amide bonds. The van der Waals surface area contributed by atoms with Crippen LogP contribution in [-0.4, -0.2) is 17.5 Å². The highest BCUT2D eigenvalue weighted by molar-refractivity contribution is 8.13. The fourth-order valence-electron chi connectivity index (χ4n) is 1.72. The first-order chi connectivity index (χ1) is 10.5. The average Bonchev–Trinajstić information content (AvgIpc) is 2.48. The van der Waals surface area contributed by atoms with E-state index in [9.17, 15) is 4.39 Å². The maximum Gasteiger partial charge on any atom is 0.159 e. The largest absolute Gasteiger partial charge is 0.493 e. The molecule has 2 rings (SSSR count). The number of benzene rings is 2. The van der Waals surface area contributed by atoms with Crippen molar-refractivity contribution in [3.63, 3.8) is 0 Å². The Morgan fingerprint density at radius 2 is 2.14 bits per heavy atom. The number of aryl methyl sites for hydroxylation is 1. The molecule has 2 aromatic rings. The number of aliphatic imine (C=N–C) groups is 1. The lowest BCUT2D eigenvalue weighted by molar-refractivity contribution is 0.344. The summed E-state index contributed by atoms with van der Waals surface area (Å²) in [5.74, 6) is 1.03. The third kappa shape index (κ3) is 5.24. The van der Waals surface area contributed by atoms with E-state index in [1.807, 2.05) is 31.2 Å². The van der Waals surface area contributed by atoms with Crippen LogP contribution in [0.15, 0.2) is 47.5 Å². The molecule has 0 saturated heterocycles. The van der Waals surface area contributed by atoms with Crippen LogP contribution in [0.2, 0.25) is 5.02 Å². The molecule has 0 aromatic heterocycles. The van der Waals surface area contributed by atoms with Gasteiger partial charge in [-0.05, 0) is 42.8 Å². The molecule has 0 radical (unpaired) electrons. The van der Waals surface area contributed by atoms with Gasteiger partial charge in [0.05, 0.1) is 17.3 Å². The topological polar surface area (TPSA) is 47.6 Å². The van der Waals surface area contributed by atoms with Crippen LogP contribution in [0.1, 0.15) is 5.56 Å². The second kappa shape index (κ2) is 8.06. The van der Waals surface area contributed by atoms with Gasteiger partial charge in [0.25, 0.3) is 0 Å². The molecule has 0 fully saturated rings. The van der Waals surface area contributed by atoms with Gasteiger partial charge >= 0.3 is 0 Å². The average molecular weight is 339 g/mol. The molecule has 2 N–H and O–H groups in total. The van der Waals surface area contributed by atoms with Gasteiger partial charge in [-0.25, -0.2) is 9.38 Å². The van der Waals surface area contributed by atoms with Crippen LogP contribution in [0, 0.1) is 12.7 Å². The summed E-state index contributed by atoms with van der Waals surface area (Å²) >= 11 is 7.06. The number of rotatable bonds is 5. The Bertz CT molecular complexity index is 679. The van der Waals surface area contributed by atoms with Crippen LogP contribution < -0.4 is 10.5 Å². The maximum atomic E-state index is 13.0. The molecule has 0 aliphatic carbocycles. The van der Waals surface area contributed by atoms with E-state index in [-0.39, 0.29) is 5.02 Å². The molecule has 0 unspecified atom stereocenters. The molecule has 3 nitrogen and oxygen atoms in total. The van der Waals surface area contributed by atoms with Crippen molar-refractivity contribution in [3.05, 3.63) is 58.9 Å². The highest BCUT2D eigenvalue weighted by atomic mass is 35.5. The fourth-order valence-corrected chi connectivity index (χ4v) is 2.45. The number of halogens is 2. The van der Waals surface area contributed by atoms with Crippen LogP contribution in [0.3, 0.4) is 0 Å². The van der Waals surface area contributed by atoms with Crippen LogP contribution in [0.4, 0.5) is 10.1 Å². The third-order valence-electron chi connectivity index (χ3n) is 2.73. The van der Waals surface area contributed by atoms with Crippen LogP contribution in [0.5, 0.6) is 5.75 Å². The third-order valence-corrected chi connectivity index (χ3v) is 3.78. The summed E-state index contributed by atoms with van der Waals surface area (Å²) in [7, 11) is 0. The molecule has 0 aliphatic rings. The van der Waals surface area contributed by atoms with Crippen molar-refractivity contribution in [2.75, 3.05) is 12.4 Å². The minimum atomic E-state index is -0.474. The number of nitrogens with two attached hydrogens (primary N) is 1. The Kier molecular flexibility index (Phi) is 6.10. The number of nitrogens with zero attached hydrogens (tertiary/aromatic N) is 1. The van der Waals surface area contributed by atoms with Crippen molar-refractivity contribution in [1.29, 1.82) is 0 Å². The Hall–Kier alpha value is -1.72. The van der Waals surface area contributed by atoms with E-state index in [4.69, 9.17) is 22.1 Å². The molecule has 0 heterocycles. The SMILES string of the molecule is Cc1cccc(OCCSC(N)=Nc2ccc(F)c(Cl)c2)c1. The van der Waals surface area contributed by atoms with E-state index < -0.39 is 5.82 Å². The first-order valence-corrected chi connectivity index (χ1v) is 8.02. The van der Waals surface area contributed by atoms with E-state index in [0.717, 1.165) is 11.3 Å². The van der Waals surface area contributed by atoms with Gasteiger partial charge in [-0.3, -0.25) is 0 Å². The summed E-state index contributed by atoms with van der Waals surface area (Å²) < 4.78 is 18.7. The number of thioether (sulfide) groups is 1. The van der Waals surface area contributed by atoms with Crippen molar-refractivity contribution in [3.8, 4) is 5.75 Å². The number of hydrogen-bond donors (Lipinski definition) is 1. The quantitative estimate of drug-likeness (QED) is 0.494. The highest BCUT2D eigenvalue weighted by Gasteiger charge is 2.01. The molecule has 0 saturated carbocycles. The molecular weight excluding hydrogens is 323 g/mol. The van der Waals surface area contributed by atoms with E-state index in [1.54, 1.807) is 0 Å². The Morgan fingerprint density at radius 1 is 1.32 bits per heavy atom. The molecule has 0 bridgehead atoms. The van der Waals surface area contributed by atoms with Crippen molar-refractivity contribution < 1.29 is 9.13 Å². The summed E-state index contributed by atoms with van der Waals surface area (Å²) in [6.07, 6.45) is 0. The second-order valence-corrected chi connectivity index (χ2v) is 6.08. The molecule has 0 spiro atoms. The molecule has 2 aromatic carbocycles. The first kappa shape index (κ1) is 16.6. The van der Waals surface area contributed by atoms with E-state index >= 15 is 0 Å². The monoisotopic (exact) mass is 338 g/mol. The Labute approximate surface area is 138 Å². The minimum Gasteiger partial charge on any atom is -0.493 e. The zero-order valence-corrected chi connectivity index (χ0v) is 13.6. The van der Waals surface area contributed by atoms with Gasteiger partial charge in [0.2, 0.25) is 0 Å². The highest BCUT2D eigenvalue weighted by Crippen LogP contribution is 2.22. The van der Waals surface area contributed by atoms with Gasteiger partial charge in [0, 0.05) is 5.75 Å². The molecular formula is C16H16ClFN2OS. The van der Waals surface area contributed by atoms with E-state index in [2.05, 4.69) is 4.99 Å². The van der Waals surface area contributed by atoms with E-state index in [0.29, 0.717) is 23.2 Å². The van der Waals surface area contributed by atoms with Crippen molar-refractivity contribution in [2.45, 2.75) is 6.92 Å². The van der Waals surface area contributed by atoms with Crippen LogP contribution in [0.25, 0.3) is 0 Å². The molecule has 0 aliphatic heterocycles. The van der Waals surface area contributed by atoms with Gasteiger partial charge in [-0.1, -0.05) is 35.5 Å². The summed E-state index contributed by atoms with van der Waals surface area (Å²) in [5, 5.41) is 0.414. The molecule has 116 valence electrons. The molecule has 6 heteroatoms. The summed E-state index contributed by atoms with van der Waals surface area (Å²) in [6, 6.07) is 12.1. The smallest absolute Gasteiger partial charge is 0.159 e. The summed E-state index contributed by atoms with van der Waals surface area (Å²) in [6.45, 7) is 2.54. The van der Waals surface area contributed by atoms with Crippen LogP contribution >= 0.6 is 23.4 Å². The maximum absolute atomic E-state index is 13.0. The normalized spacial score (nSPS) is 11.5.